The average molecular weight is 254 g/mol. The quantitative estimate of drug-likeness (QED) is 0.583. The summed E-state index contributed by atoms with van der Waals surface area (Å²) < 4.78 is 0. The number of hydrogen-bond donors (Lipinski definition) is 2. The Kier molecular flexibility index (Phi) is 9.59. The van der Waals surface area contributed by atoms with Crippen molar-refractivity contribution in [3.63, 3.8) is 0 Å². The minimum absolute atomic E-state index is 0.788. The summed E-state index contributed by atoms with van der Waals surface area (Å²) in [5, 5.41) is 3.65. The highest BCUT2D eigenvalue weighted by Crippen LogP contribution is 2.28. The molecule has 0 spiro atoms. The number of nitrogens with one attached hydrogen (secondary N) is 1. The van der Waals surface area contributed by atoms with Crippen LogP contribution in [0, 0.1) is 11.8 Å². The van der Waals surface area contributed by atoms with E-state index in [4.69, 9.17) is 5.73 Å². The first kappa shape index (κ1) is 16.0. The highest BCUT2D eigenvalue weighted by molar-refractivity contribution is 4.77. The molecule has 0 aliphatic heterocycles. The molecule has 3 N–H and O–H groups in total. The van der Waals surface area contributed by atoms with Crippen molar-refractivity contribution in [2.24, 2.45) is 17.6 Å². The van der Waals surface area contributed by atoms with E-state index in [1.54, 1.807) is 0 Å². The molecule has 0 amide bonds. The van der Waals surface area contributed by atoms with E-state index in [1.165, 1.54) is 77.3 Å². The maximum Gasteiger partial charge on any atom is -0.00174 e. The van der Waals surface area contributed by atoms with Gasteiger partial charge in [0.2, 0.25) is 0 Å². The van der Waals surface area contributed by atoms with Gasteiger partial charge in [0.05, 0.1) is 0 Å². The molecule has 1 fully saturated rings. The number of hydrogen-bond acceptors (Lipinski definition) is 2. The van der Waals surface area contributed by atoms with Gasteiger partial charge in [-0.2, -0.15) is 0 Å². The number of rotatable bonds is 10. The molecule has 0 saturated heterocycles. The molecule has 2 atom stereocenters. The van der Waals surface area contributed by atoms with E-state index in [0.717, 1.165) is 18.4 Å². The fourth-order valence-electron chi connectivity index (χ4n) is 3.18. The Morgan fingerprint density at radius 2 is 1.61 bits per heavy atom. The molecule has 0 aromatic rings. The van der Waals surface area contributed by atoms with E-state index in [0.29, 0.717) is 0 Å². The van der Waals surface area contributed by atoms with E-state index >= 15 is 0 Å². The van der Waals surface area contributed by atoms with Gasteiger partial charge in [0.15, 0.2) is 0 Å². The van der Waals surface area contributed by atoms with Crippen molar-refractivity contribution in [1.82, 2.24) is 5.32 Å². The summed E-state index contributed by atoms with van der Waals surface area (Å²) in [4.78, 5) is 0. The van der Waals surface area contributed by atoms with Crippen molar-refractivity contribution >= 4 is 0 Å². The van der Waals surface area contributed by atoms with Gasteiger partial charge in [-0.1, -0.05) is 51.9 Å². The first-order valence-corrected chi connectivity index (χ1v) is 8.29. The Hall–Kier alpha value is -0.0800. The summed E-state index contributed by atoms with van der Waals surface area (Å²) >= 11 is 0. The normalized spacial score (nSPS) is 24.3. The van der Waals surface area contributed by atoms with Gasteiger partial charge in [0.25, 0.3) is 0 Å². The molecule has 2 nitrogen and oxygen atoms in total. The Morgan fingerprint density at radius 3 is 2.33 bits per heavy atom. The topological polar surface area (TPSA) is 38.0 Å². The zero-order valence-corrected chi connectivity index (χ0v) is 12.4. The molecule has 0 aromatic carbocycles. The lowest BCUT2D eigenvalue weighted by molar-refractivity contribution is 0.236. The molecular formula is C16H34N2. The van der Waals surface area contributed by atoms with Crippen LogP contribution in [0.5, 0.6) is 0 Å². The van der Waals surface area contributed by atoms with Gasteiger partial charge in [-0.05, 0) is 50.7 Å². The average Bonchev–Trinajstić information content (AvgIpc) is 2.42. The third-order valence-electron chi connectivity index (χ3n) is 4.48. The molecule has 1 rings (SSSR count). The molecule has 0 heterocycles. The molecule has 0 aromatic heterocycles. The Morgan fingerprint density at radius 1 is 0.944 bits per heavy atom. The molecule has 108 valence electrons. The Balaban J connectivity index is 1.93. The Labute approximate surface area is 114 Å². The predicted octanol–water partition coefficient (Wildman–Crippen LogP) is 3.70. The van der Waals surface area contributed by atoms with Crippen molar-refractivity contribution < 1.29 is 0 Å². The van der Waals surface area contributed by atoms with Gasteiger partial charge in [-0.25, -0.2) is 0 Å². The predicted molar refractivity (Wildman–Crippen MR) is 80.7 cm³/mol. The minimum Gasteiger partial charge on any atom is -0.330 e. The second-order valence-electron chi connectivity index (χ2n) is 6.01. The molecular weight excluding hydrogens is 220 g/mol. The van der Waals surface area contributed by atoms with Crippen LogP contribution < -0.4 is 11.1 Å². The van der Waals surface area contributed by atoms with E-state index < -0.39 is 0 Å². The fourth-order valence-corrected chi connectivity index (χ4v) is 3.18. The van der Waals surface area contributed by atoms with Crippen LogP contribution in [0.3, 0.4) is 0 Å². The molecule has 1 aliphatic rings. The molecule has 18 heavy (non-hydrogen) atoms. The van der Waals surface area contributed by atoms with Crippen LogP contribution in [0.2, 0.25) is 0 Å². The minimum atomic E-state index is 0.788. The molecule has 1 aliphatic carbocycles. The highest BCUT2D eigenvalue weighted by atomic mass is 14.9. The zero-order chi connectivity index (χ0) is 13.1. The van der Waals surface area contributed by atoms with Gasteiger partial charge < -0.3 is 11.1 Å². The largest absolute Gasteiger partial charge is 0.330 e. The van der Waals surface area contributed by atoms with Crippen LogP contribution in [-0.2, 0) is 0 Å². The highest BCUT2D eigenvalue weighted by Gasteiger charge is 2.23. The van der Waals surface area contributed by atoms with Crippen LogP contribution in [0.1, 0.15) is 71.1 Å². The third-order valence-corrected chi connectivity index (χ3v) is 4.48. The summed E-state index contributed by atoms with van der Waals surface area (Å²) in [5.41, 5.74) is 5.86. The summed E-state index contributed by atoms with van der Waals surface area (Å²) in [6, 6.07) is 0. The lowest BCUT2D eigenvalue weighted by Crippen LogP contribution is -2.34. The number of nitrogens with two attached hydrogens (primary N) is 1. The van der Waals surface area contributed by atoms with Gasteiger partial charge in [-0.3, -0.25) is 0 Å². The molecule has 2 unspecified atom stereocenters. The van der Waals surface area contributed by atoms with Crippen LogP contribution in [-0.4, -0.2) is 19.6 Å². The van der Waals surface area contributed by atoms with Gasteiger partial charge in [0, 0.05) is 0 Å². The smallest absolute Gasteiger partial charge is 0.00174 e. The second kappa shape index (κ2) is 10.8. The standard InChI is InChI=1S/C16H34N2/c1-2-3-4-5-6-9-12-18-14-16-11-8-7-10-15(16)13-17/h15-16,18H,2-14,17H2,1H3. The third kappa shape index (κ3) is 6.75. The first-order valence-electron chi connectivity index (χ1n) is 8.29. The first-order chi connectivity index (χ1) is 8.88. The van der Waals surface area contributed by atoms with Crippen molar-refractivity contribution in [3.8, 4) is 0 Å². The lowest BCUT2D eigenvalue weighted by Gasteiger charge is -2.30. The molecule has 0 bridgehead atoms. The van der Waals surface area contributed by atoms with Crippen molar-refractivity contribution in [2.45, 2.75) is 71.1 Å². The fraction of sp³-hybridized carbons (Fsp3) is 1.00. The lowest BCUT2D eigenvalue weighted by atomic mass is 9.79. The van der Waals surface area contributed by atoms with Crippen LogP contribution in [0.4, 0.5) is 0 Å². The second-order valence-corrected chi connectivity index (χ2v) is 6.01. The van der Waals surface area contributed by atoms with Crippen LogP contribution in [0.25, 0.3) is 0 Å². The van der Waals surface area contributed by atoms with Gasteiger partial charge >= 0.3 is 0 Å². The maximum absolute atomic E-state index is 5.86. The zero-order valence-electron chi connectivity index (χ0n) is 12.4. The summed E-state index contributed by atoms with van der Waals surface area (Å²) in [7, 11) is 0. The summed E-state index contributed by atoms with van der Waals surface area (Å²) in [6.07, 6.45) is 13.9. The van der Waals surface area contributed by atoms with Crippen molar-refractivity contribution in [3.05, 3.63) is 0 Å². The summed E-state index contributed by atoms with van der Waals surface area (Å²) in [5.74, 6) is 1.64. The monoisotopic (exact) mass is 254 g/mol. The molecule has 1 saturated carbocycles. The summed E-state index contributed by atoms with van der Waals surface area (Å²) in [6.45, 7) is 5.58. The SMILES string of the molecule is CCCCCCCCNCC1CCCCC1CN. The number of unbranched alkanes of at least 4 members (excludes halogenated alkanes) is 5. The molecule has 0 radical (unpaired) electrons. The van der Waals surface area contributed by atoms with E-state index in [1.807, 2.05) is 0 Å². The van der Waals surface area contributed by atoms with Crippen LogP contribution >= 0.6 is 0 Å². The Bertz CT molecular complexity index is 182. The van der Waals surface area contributed by atoms with Crippen LogP contribution in [0.15, 0.2) is 0 Å². The van der Waals surface area contributed by atoms with E-state index in [9.17, 15) is 0 Å². The van der Waals surface area contributed by atoms with Gasteiger partial charge in [0.1, 0.15) is 0 Å². The van der Waals surface area contributed by atoms with Crippen molar-refractivity contribution in [2.75, 3.05) is 19.6 Å². The maximum atomic E-state index is 5.86. The van der Waals surface area contributed by atoms with E-state index in [-0.39, 0.29) is 0 Å². The van der Waals surface area contributed by atoms with E-state index in [2.05, 4.69) is 12.2 Å². The van der Waals surface area contributed by atoms with Gasteiger partial charge in [-0.15, -0.1) is 0 Å². The van der Waals surface area contributed by atoms with Crippen molar-refractivity contribution in [1.29, 1.82) is 0 Å². The molecule has 2 heteroatoms.